The molecule has 0 bridgehead atoms. The molecule has 0 aliphatic rings. The minimum atomic E-state index is -0.231. The van der Waals surface area contributed by atoms with E-state index in [2.05, 4.69) is 20.5 Å². The van der Waals surface area contributed by atoms with Crippen LogP contribution in [0.3, 0.4) is 0 Å². The van der Waals surface area contributed by atoms with Gasteiger partial charge >= 0.3 is 0 Å². The zero-order valence-corrected chi connectivity index (χ0v) is 10.6. The SMILES string of the molecule is O=C(Nc1ccncc1)c1cc(-c2ccccc2)n[nH]1. The van der Waals surface area contributed by atoms with E-state index >= 15 is 0 Å². The Morgan fingerprint density at radius 2 is 1.80 bits per heavy atom. The van der Waals surface area contributed by atoms with Crippen LogP contribution in [0.2, 0.25) is 0 Å². The van der Waals surface area contributed by atoms with E-state index < -0.39 is 0 Å². The quantitative estimate of drug-likeness (QED) is 0.764. The number of aromatic amines is 1. The summed E-state index contributed by atoms with van der Waals surface area (Å²) in [6.45, 7) is 0. The van der Waals surface area contributed by atoms with Crippen molar-refractivity contribution >= 4 is 11.6 Å². The zero-order chi connectivity index (χ0) is 13.8. The van der Waals surface area contributed by atoms with Crippen LogP contribution in [-0.4, -0.2) is 21.1 Å². The molecule has 3 rings (SSSR count). The Kier molecular flexibility index (Phi) is 3.24. The highest BCUT2D eigenvalue weighted by Crippen LogP contribution is 2.17. The number of carbonyl (C=O) groups excluding carboxylic acids is 1. The van der Waals surface area contributed by atoms with E-state index in [0.717, 1.165) is 11.3 Å². The van der Waals surface area contributed by atoms with Crippen LogP contribution in [0.15, 0.2) is 60.9 Å². The van der Waals surface area contributed by atoms with Gasteiger partial charge < -0.3 is 5.32 Å². The average molecular weight is 264 g/mol. The van der Waals surface area contributed by atoms with E-state index in [-0.39, 0.29) is 5.91 Å². The van der Waals surface area contributed by atoms with Gasteiger partial charge in [-0.05, 0) is 18.2 Å². The number of nitrogens with one attached hydrogen (secondary N) is 2. The standard InChI is InChI=1S/C15H12N4O/c20-15(17-12-6-8-16-9-7-12)14-10-13(18-19-14)11-4-2-1-3-5-11/h1-10H,(H,18,19)(H,16,17,20). The molecule has 0 aliphatic carbocycles. The molecule has 1 amide bonds. The Bertz CT molecular complexity index is 707. The predicted molar refractivity (Wildman–Crippen MR) is 76.2 cm³/mol. The number of hydrogen-bond acceptors (Lipinski definition) is 3. The second-order valence-corrected chi connectivity index (χ2v) is 4.22. The van der Waals surface area contributed by atoms with Crippen molar-refractivity contribution in [3.05, 3.63) is 66.6 Å². The van der Waals surface area contributed by atoms with E-state index in [4.69, 9.17) is 0 Å². The van der Waals surface area contributed by atoms with Crippen molar-refractivity contribution < 1.29 is 4.79 Å². The number of benzene rings is 1. The van der Waals surface area contributed by atoms with Gasteiger partial charge in [-0.25, -0.2) is 0 Å². The van der Waals surface area contributed by atoms with Gasteiger partial charge in [0.05, 0.1) is 5.69 Å². The van der Waals surface area contributed by atoms with Crippen LogP contribution in [0.5, 0.6) is 0 Å². The Hall–Kier alpha value is -2.95. The van der Waals surface area contributed by atoms with Crippen LogP contribution in [0.4, 0.5) is 5.69 Å². The Labute approximate surface area is 115 Å². The summed E-state index contributed by atoms with van der Waals surface area (Å²) in [5.74, 6) is -0.231. The fraction of sp³-hybridized carbons (Fsp3) is 0. The minimum Gasteiger partial charge on any atom is -0.321 e. The fourth-order valence-electron chi connectivity index (χ4n) is 1.83. The lowest BCUT2D eigenvalue weighted by Gasteiger charge is -2.01. The monoisotopic (exact) mass is 264 g/mol. The number of amides is 1. The molecule has 20 heavy (non-hydrogen) atoms. The van der Waals surface area contributed by atoms with Gasteiger partial charge in [-0.3, -0.25) is 14.9 Å². The van der Waals surface area contributed by atoms with Crippen LogP contribution in [0.25, 0.3) is 11.3 Å². The Morgan fingerprint density at radius 1 is 1.05 bits per heavy atom. The molecule has 0 fully saturated rings. The van der Waals surface area contributed by atoms with Gasteiger partial charge in [0.2, 0.25) is 0 Å². The van der Waals surface area contributed by atoms with Crippen molar-refractivity contribution in [1.29, 1.82) is 0 Å². The lowest BCUT2D eigenvalue weighted by atomic mass is 10.1. The topological polar surface area (TPSA) is 70.7 Å². The van der Waals surface area contributed by atoms with Gasteiger partial charge in [-0.2, -0.15) is 5.10 Å². The van der Waals surface area contributed by atoms with Crippen molar-refractivity contribution in [3.63, 3.8) is 0 Å². The van der Waals surface area contributed by atoms with E-state index in [1.807, 2.05) is 30.3 Å². The molecule has 0 radical (unpaired) electrons. The number of carbonyl (C=O) groups is 1. The maximum atomic E-state index is 12.1. The molecule has 2 aromatic heterocycles. The van der Waals surface area contributed by atoms with Gasteiger partial charge in [0.1, 0.15) is 5.69 Å². The number of aromatic nitrogens is 3. The van der Waals surface area contributed by atoms with Gasteiger partial charge in [0, 0.05) is 23.6 Å². The number of hydrogen-bond donors (Lipinski definition) is 2. The molecule has 5 heteroatoms. The highest BCUT2D eigenvalue weighted by Gasteiger charge is 2.10. The number of anilines is 1. The van der Waals surface area contributed by atoms with Crippen LogP contribution in [0, 0.1) is 0 Å². The van der Waals surface area contributed by atoms with Gasteiger partial charge in [0.25, 0.3) is 5.91 Å². The number of rotatable bonds is 3. The first-order valence-electron chi connectivity index (χ1n) is 6.15. The molecule has 0 saturated heterocycles. The number of nitrogens with zero attached hydrogens (tertiary/aromatic N) is 2. The lowest BCUT2D eigenvalue weighted by Crippen LogP contribution is -2.12. The molecule has 0 atom stereocenters. The summed E-state index contributed by atoms with van der Waals surface area (Å²) >= 11 is 0. The van der Waals surface area contributed by atoms with Crippen molar-refractivity contribution in [3.8, 4) is 11.3 Å². The smallest absolute Gasteiger partial charge is 0.273 e. The summed E-state index contributed by atoms with van der Waals surface area (Å²) in [6.07, 6.45) is 3.25. The van der Waals surface area contributed by atoms with Crippen LogP contribution in [0.1, 0.15) is 10.5 Å². The largest absolute Gasteiger partial charge is 0.321 e. The third kappa shape index (κ3) is 2.56. The average Bonchev–Trinajstić information content (AvgIpc) is 2.99. The third-order valence-corrected chi connectivity index (χ3v) is 2.83. The van der Waals surface area contributed by atoms with Crippen LogP contribution in [-0.2, 0) is 0 Å². The van der Waals surface area contributed by atoms with Crippen molar-refractivity contribution in [2.75, 3.05) is 5.32 Å². The van der Waals surface area contributed by atoms with E-state index in [1.54, 1.807) is 30.6 Å². The van der Waals surface area contributed by atoms with E-state index in [9.17, 15) is 4.79 Å². The molecule has 0 saturated carbocycles. The summed E-state index contributed by atoms with van der Waals surface area (Å²) < 4.78 is 0. The summed E-state index contributed by atoms with van der Waals surface area (Å²) in [6, 6.07) is 14.9. The Morgan fingerprint density at radius 3 is 2.55 bits per heavy atom. The molecule has 5 nitrogen and oxygen atoms in total. The number of H-pyrrole nitrogens is 1. The fourth-order valence-corrected chi connectivity index (χ4v) is 1.83. The highest BCUT2D eigenvalue weighted by atomic mass is 16.1. The number of pyridine rings is 1. The Balaban J connectivity index is 1.79. The summed E-state index contributed by atoms with van der Waals surface area (Å²) in [4.78, 5) is 16.0. The molecule has 0 spiro atoms. The van der Waals surface area contributed by atoms with Crippen LogP contribution >= 0.6 is 0 Å². The zero-order valence-electron chi connectivity index (χ0n) is 10.6. The van der Waals surface area contributed by atoms with Gasteiger partial charge in [-0.15, -0.1) is 0 Å². The summed E-state index contributed by atoms with van der Waals surface area (Å²) in [7, 11) is 0. The lowest BCUT2D eigenvalue weighted by molar-refractivity contribution is 0.102. The second-order valence-electron chi connectivity index (χ2n) is 4.22. The van der Waals surface area contributed by atoms with Crippen molar-refractivity contribution in [1.82, 2.24) is 15.2 Å². The minimum absolute atomic E-state index is 0.231. The molecule has 3 aromatic rings. The van der Waals surface area contributed by atoms with Crippen molar-refractivity contribution in [2.45, 2.75) is 0 Å². The molecule has 1 aromatic carbocycles. The molecule has 0 aliphatic heterocycles. The van der Waals surface area contributed by atoms with E-state index in [0.29, 0.717) is 11.4 Å². The maximum Gasteiger partial charge on any atom is 0.273 e. The third-order valence-electron chi connectivity index (χ3n) is 2.83. The maximum absolute atomic E-state index is 12.1. The van der Waals surface area contributed by atoms with Gasteiger partial charge in [0.15, 0.2) is 0 Å². The molecule has 2 N–H and O–H groups in total. The molecule has 2 heterocycles. The van der Waals surface area contributed by atoms with E-state index in [1.165, 1.54) is 0 Å². The highest BCUT2D eigenvalue weighted by molar-refractivity contribution is 6.03. The van der Waals surface area contributed by atoms with Gasteiger partial charge in [-0.1, -0.05) is 30.3 Å². The first-order valence-corrected chi connectivity index (χ1v) is 6.15. The predicted octanol–water partition coefficient (Wildman–Crippen LogP) is 2.72. The summed E-state index contributed by atoms with van der Waals surface area (Å²) in [5.41, 5.74) is 2.82. The normalized spacial score (nSPS) is 10.2. The second kappa shape index (κ2) is 5.36. The van der Waals surface area contributed by atoms with Crippen molar-refractivity contribution in [2.24, 2.45) is 0 Å². The molecular weight excluding hydrogens is 252 g/mol. The first kappa shape index (κ1) is 12.1. The molecule has 0 unspecified atom stereocenters. The molecule has 98 valence electrons. The summed E-state index contributed by atoms with van der Waals surface area (Å²) in [5, 5.41) is 9.67. The first-order chi connectivity index (χ1) is 9.83. The molecular formula is C15H12N4O. The van der Waals surface area contributed by atoms with Crippen LogP contribution < -0.4 is 5.32 Å².